The van der Waals surface area contributed by atoms with Gasteiger partial charge in [0.15, 0.2) is 11.5 Å². The van der Waals surface area contributed by atoms with Gasteiger partial charge in [0.2, 0.25) is 59.3 Å². The summed E-state index contributed by atoms with van der Waals surface area (Å²) in [6, 6.07) is 7.46. The van der Waals surface area contributed by atoms with Gasteiger partial charge in [-0.05, 0) is 225 Å². The number of amides is 10. The number of halogens is 1. The van der Waals surface area contributed by atoms with Crippen LogP contribution < -0.4 is 77.8 Å². The van der Waals surface area contributed by atoms with Gasteiger partial charge in [-0.15, -0.1) is 0 Å². The lowest BCUT2D eigenvalue weighted by Crippen LogP contribution is -2.60. The number of rotatable bonds is 15. The number of likely N-dealkylation sites (N-methyl/N-ethyl adjacent to an activating group) is 1. The SMILES string of the molecule is CCOc1ccc(NC(=O)NC(=O)C[C@@H]2NC(=O)[C@H](NC(=O)[C@@H](CC(C)C)NC)[C@H](O)c3ccc(c(C)c3)Oc3cc4cc(c3O[C@@H]3O[C@H](CN)[C@@H](O)[C@H](O)[C@H]3O)Oc3ccc(cc3Cl)[C@@H](O)[C@@H]3NC(=O)[C@H](NC(=O)[C@@H]4NC2=O)c2ccc(O)c(c2)-c2c(C)cc(O)cc2[C@@H](C(=O)NC2C4CC5CC(C4)CC2C5)NC3=O)cc1. The predicted molar refractivity (Wildman–Crippen MR) is 405 cm³/mol. The molecular weight excluding hydrogens is 1490 g/mol. The maximum absolute atomic E-state index is 16.4. The van der Waals surface area contributed by atoms with Crippen molar-refractivity contribution in [3.63, 3.8) is 0 Å². The van der Waals surface area contributed by atoms with Gasteiger partial charge in [-0.1, -0.05) is 43.6 Å². The number of anilines is 1. The molecular formula is C80H92ClN11O21. The van der Waals surface area contributed by atoms with Crippen LogP contribution >= 0.6 is 11.6 Å². The van der Waals surface area contributed by atoms with Crippen molar-refractivity contribution < 1.29 is 103 Å². The van der Waals surface area contributed by atoms with Crippen LogP contribution in [0.1, 0.15) is 135 Å². The van der Waals surface area contributed by atoms with Crippen molar-refractivity contribution in [1.29, 1.82) is 0 Å². The number of carbonyl (C=O) groups is 9. The largest absolute Gasteiger partial charge is 0.508 e. The molecule has 10 amide bonds. The highest BCUT2D eigenvalue weighted by atomic mass is 35.5. The van der Waals surface area contributed by atoms with Crippen LogP contribution in [0.4, 0.5) is 10.5 Å². The number of nitrogens with two attached hydrogens (primary N) is 1. The predicted octanol–water partition coefficient (Wildman–Crippen LogP) is 4.21. The third kappa shape index (κ3) is 17.2. The highest BCUT2D eigenvalue weighted by Crippen LogP contribution is 2.55. The number of phenolic OH excluding ortho intramolecular Hbond substituents is 2. The van der Waals surface area contributed by atoms with Crippen molar-refractivity contribution in [3.8, 4) is 57.1 Å². The van der Waals surface area contributed by atoms with E-state index in [1.807, 2.05) is 13.8 Å². The van der Waals surface area contributed by atoms with Crippen LogP contribution in [0, 0.1) is 43.4 Å². The molecule has 0 radical (unpaired) electrons. The molecule has 19 N–H and O–H groups in total. The van der Waals surface area contributed by atoms with Gasteiger partial charge in [-0.3, -0.25) is 43.7 Å². The molecule has 10 aliphatic rings. The molecule has 113 heavy (non-hydrogen) atoms. The zero-order valence-electron chi connectivity index (χ0n) is 62.5. The van der Waals surface area contributed by atoms with E-state index in [0.29, 0.717) is 24.2 Å². The number of imide groups is 1. The highest BCUT2D eigenvalue weighted by Gasteiger charge is 2.51. The molecule has 0 unspecified atom stereocenters. The number of aliphatic hydroxyl groups is 5. The standard InChI is InChI=1S/C80H92ClN11O21/c1-7-109-46-13-11-44(12-14-46)84-80(108)86-58(95)31-51-73(102)88-62-43-28-55(110-53-16-9-39(19-34(53)4)66(96)64(77(106)85-51)91-72(101)50(83-6)18-33(2)3)71(113-79-70(100)69(99)68(98)57(32-82)112-79)56(29-43)111-54-17-10-40(27-49(54)81)67(97)65-78(107)90-63(76(105)87-60-41-22-36-21-37(24-41)25-42(60)23-36)48-30-45(93)20-35(5)59(48)47-26-38(8-15-52(47)94)61(74(103)92-65)89-75(62)104/h8-17,19-20,26-30,33,36-37,41-42,50-51,57,60-70,79,83,93-94,96-100H,7,18,21-25,31-32,82H2,1-6H3,(H,85,106)(H,87,105)(H,88,102)(H,89,104)(H,90,107)(H,91,101)(H,92,103)(H2,84,86,95,108)/t36?,37?,41?,42?,50-,51+,57-,60?,61-,62-,63+,64-,65+,66-,67-,68-,69+,70-,79+/m1/s1. The van der Waals surface area contributed by atoms with Crippen LogP contribution in [-0.2, 0) is 43.1 Å². The van der Waals surface area contributed by atoms with Crippen LogP contribution in [0.2, 0.25) is 5.02 Å². The second-order valence-corrected chi connectivity index (χ2v) is 30.9. The summed E-state index contributed by atoms with van der Waals surface area (Å²) in [5.74, 6) is -10.4. The minimum Gasteiger partial charge on any atom is -0.508 e. The first-order valence-electron chi connectivity index (χ1n) is 37.6. The first-order valence-corrected chi connectivity index (χ1v) is 38.0. The quantitative estimate of drug-likeness (QED) is 0.0684. The fourth-order valence-corrected chi connectivity index (χ4v) is 17.0. The first kappa shape index (κ1) is 80.4. The molecule has 14 atom stereocenters. The van der Waals surface area contributed by atoms with E-state index in [1.165, 1.54) is 92.8 Å². The molecule has 4 saturated carbocycles. The van der Waals surface area contributed by atoms with E-state index in [0.717, 1.165) is 44.2 Å². The van der Waals surface area contributed by atoms with E-state index in [1.54, 1.807) is 26.0 Å². The second kappa shape index (κ2) is 33.6. The summed E-state index contributed by atoms with van der Waals surface area (Å²) in [5, 5.41) is 109. The number of benzene rings is 6. The van der Waals surface area contributed by atoms with E-state index in [-0.39, 0.29) is 103 Å². The molecule has 6 aromatic carbocycles. The average Bonchev–Trinajstić information content (AvgIpc) is 0.759. The summed E-state index contributed by atoms with van der Waals surface area (Å²) in [6.45, 7) is 8.46. The molecule has 16 rings (SSSR count). The van der Waals surface area contributed by atoms with Crippen LogP contribution in [0.15, 0.2) is 103 Å². The van der Waals surface area contributed by atoms with Crippen LogP contribution in [0.25, 0.3) is 11.1 Å². The number of urea groups is 1. The number of nitrogens with one attached hydrogen (secondary N) is 10. The lowest BCUT2D eigenvalue weighted by Gasteiger charge is -2.54. The fourth-order valence-electron chi connectivity index (χ4n) is 16.7. The number of hydrogen-bond acceptors (Lipinski definition) is 23. The molecule has 33 heteroatoms. The molecule has 0 aromatic heterocycles. The zero-order valence-corrected chi connectivity index (χ0v) is 63.3. The number of ether oxygens (including phenoxy) is 5. The maximum atomic E-state index is 16.4. The Morgan fingerprint density at radius 2 is 1.28 bits per heavy atom. The number of aryl methyl sites for hydroxylation is 2. The molecule has 6 aliphatic heterocycles. The van der Waals surface area contributed by atoms with Crippen molar-refractivity contribution in [2.24, 2.45) is 35.3 Å². The van der Waals surface area contributed by atoms with E-state index >= 15 is 28.8 Å². The highest BCUT2D eigenvalue weighted by molar-refractivity contribution is 6.32. The number of aromatic hydroxyl groups is 2. The summed E-state index contributed by atoms with van der Waals surface area (Å²) in [4.78, 5) is 137. The third-order valence-corrected chi connectivity index (χ3v) is 22.4. The number of carbonyl (C=O) groups excluding carboxylic acids is 9. The molecule has 6 heterocycles. The number of aliphatic hydroxyl groups excluding tert-OH is 5. The van der Waals surface area contributed by atoms with E-state index in [9.17, 15) is 50.1 Å². The fraction of sp³-hybridized carbons (Fsp3) is 0.438. The summed E-state index contributed by atoms with van der Waals surface area (Å²) < 4.78 is 31.4. The van der Waals surface area contributed by atoms with E-state index < -0.39 is 180 Å². The van der Waals surface area contributed by atoms with Gasteiger partial charge >= 0.3 is 6.03 Å². The lowest BCUT2D eigenvalue weighted by molar-refractivity contribution is -0.270. The Kier molecular flexibility index (Phi) is 23.9. The first-order chi connectivity index (χ1) is 53.9. The molecule has 0 spiro atoms. The summed E-state index contributed by atoms with van der Waals surface area (Å²) >= 11 is 7.20. The molecule has 15 bridgehead atoms. The van der Waals surface area contributed by atoms with Crippen molar-refractivity contribution in [2.75, 3.05) is 25.5 Å². The van der Waals surface area contributed by atoms with Gasteiger partial charge in [0.1, 0.15) is 102 Å². The number of fused-ring (bicyclic) bond motifs is 15. The van der Waals surface area contributed by atoms with Gasteiger partial charge in [-0.25, -0.2) is 4.79 Å². The van der Waals surface area contributed by atoms with Crippen LogP contribution in [0.5, 0.6) is 46.0 Å². The Labute approximate surface area is 653 Å². The molecule has 4 aliphatic carbocycles. The second-order valence-electron chi connectivity index (χ2n) is 30.5. The Hall–Kier alpha value is -10.7. The van der Waals surface area contributed by atoms with Crippen LogP contribution in [-0.4, -0.2) is 170 Å². The Morgan fingerprint density at radius 1 is 0.646 bits per heavy atom. The van der Waals surface area contributed by atoms with E-state index in [4.69, 9.17) is 41.0 Å². The molecule has 1 saturated heterocycles. The third-order valence-electron chi connectivity index (χ3n) is 22.1. The van der Waals surface area contributed by atoms with Crippen LogP contribution in [0.3, 0.4) is 0 Å². The topological polar surface area (TPSA) is 488 Å². The Bertz CT molecular complexity index is 4670. The summed E-state index contributed by atoms with van der Waals surface area (Å²) in [6.07, 6.45) is -9.57. The van der Waals surface area contributed by atoms with Gasteiger partial charge in [0.05, 0.1) is 24.1 Å². The van der Waals surface area contributed by atoms with Gasteiger partial charge < -0.3 is 113 Å². The summed E-state index contributed by atoms with van der Waals surface area (Å²) in [7, 11) is 1.50. The van der Waals surface area contributed by atoms with Crippen molar-refractivity contribution in [1.82, 2.24) is 47.9 Å². The normalized spacial score (nSPS) is 28.1. The molecule has 32 nitrogen and oxygen atoms in total. The molecule has 600 valence electrons. The maximum Gasteiger partial charge on any atom is 0.325 e. The monoisotopic (exact) mass is 1580 g/mol. The Morgan fingerprint density at radius 3 is 1.93 bits per heavy atom. The Balaban J connectivity index is 0.995. The summed E-state index contributed by atoms with van der Waals surface area (Å²) in [5.41, 5.74) is 5.86. The number of hydrogen-bond donors (Lipinski definition) is 18. The molecule has 5 fully saturated rings. The van der Waals surface area contributed by atoms with E-state index in [2.05, 4.69) is 53.2 Å². The minimum atomic E-state index is -2.30. The smallest absolute Gasteiger partial charge is 0.325 e. The van der Waals surface area contributed by atoms with Gasteiger partial charge in [-0.2, -0.15) is 0 Å². The zero-order chi connectivity index (χ0) is 80.7. The average molecular weight is 1580 g/mol. The van der Waals surface area contributed by atoms with Gasteiger partial charge in [0, 0.05) is 23.8 Å². The van der Waals surface area contributed by atoms with Crippen molar-refractivity contribution in [3.05, 3.63) is 147 Å². The minimum absolute atomic E-state index is 0.0281. The number of phenols is 2. The lowest BCUT2D eigenvalue weighted by atomic mass is 9.54. The molecule has 6 aromatic rings. The van der Waals surface area contributed by atoms with Crippen molar-refractivity contribution in [2.45, 2.75) is 171 Å². The van der Waals surface area contributed by atoms with Gasteiger partial charge in [0.25, 0.3) is 0 Å². The van der Waals surface area contributed by atoms with Crippen molar-refractivity contribution >= 4 is 70.6 Å².